The van der Waals surface area contributed by atoms with E-state index in [1.807, 2.05) is 141 Å². The molecule has 0 spiro atoms. The van der Waals surface area contributed by atoms with Gasteiger partial charge in [0.15, 0.2) is 0 Å². The first-order valence-electron chi connectivity index (χ1n) is 26.0. The minimum absolute atomic E-state index is 1.19. The summed E-state index contributed by atoms with van der Waals surface area (Å²) >= 11 is 36.5. The molecular formula is C54H63N3S18. The van der Waals surface area contributed by atoms with Crippen molar-refractivity contribution in [2.75, 3.05) is 34.5 Å². The fourth-order valence-corrected chi connectivity index (χ4v) is 34.4. The predicted molar refractivity (Wildman–Crippen MR) is 371 cm³/mol. The number of unbranched alkanes of at least 4 members (excludes halogenated alkanes) is 6. The quantitative estimate of drug-likeness (QED) is 0.0526. The number of hydrogen-bond acceptors (Lipinski definition) is 18. The van der Waals surface area contributed by atoms with Crippen molar-refractivity contribution in [3.63, 3.8) is 0 Å². The third-order valence-corrected chi connectivity index (χ3v) is 37.9. The molecule has 0 atom stereocenters. The molecule has 0 aliphatic carbocycles. The molecule has 0 bridgehead atoms. The molecular weight excluding hydrogens is 1270 g/mol. The van der Waals surface area contributed by atoms with Crippen molar-refractivity contribution < 1.29 is 0 Å². The molecule has 0 fully saturated rings. The van der Waals surface area contributed by atoms with Gasteiger partial charge in [0.05, 0.1) is 50.8 Å². The Morgan fingerprint density at radius 1 is 0.267 bits per heavy atom. The molecule has 0 saturated carbocycles. The summed E-state index contributed by atoms with van der Waals surface area (Å²) in [6.45, 7) is 13.8. The average Bonchev–Trinajstić information content (AvgIpc) is 4.27. The van der Waals surface area contributed by atoms with Crippen LogP contribution in [0.3, 0.4) is 0 Å². The summed E-state index contributed by atoms with van der Waals surface area (Å²) in [6, 6.07) is 7.19. The third kappa shape index (κ3) is 15.4. The Morgan fingerprint density at radius 2 is 0.440 bits per heavy atom. The number of thioether (sulfide) groups is 18. The summed E-state index contributed by atoms with van der Waals surface area (Å²) < 4.78 is 25.1. The van der Waals surface area contributed by atoms with Crippen molar-refractivity contribution in [2.24, 2.45) is 0 Å². The molecule has 0 amide bonds. The number of benzene rings is 1. The fourth-order valence-electron chi connectivity index (χ4n) is 7.55. The van der Waals surface area contributed by atoms with Crippen LogP contribution in [0.5, 0.6) is 0 Å². The van der Waals surface area contributed by atoms with Gasteiger partial charge in [0.1, 0.15) is 0 Å². The molecule has 3 aromatic heterocycles. The van der Waals surface area contributed by atoms with Crippen molar-refractivity contribution in [1.82, 2.24) is 13.7 Å². The number of fused-ring (bicyclic) bond motifs is 3. The van der Waals surface area contributed by atoms with Gasteiger partial charge in [-0.15, -0.1) is 70.6 Å². The van der Waals surface area contributed by atoms with Crippen LogP contribution >= 0.6 is 212 Å². The van der Waals surface area contributed by atoms with Crippen LogP contribution in [0.1, 0.15) is 119 Å². The van der Waals surface area contributed by atoms with Crippen molar-refractivity contribution in [1.29, 1.82) is 0 Å². The molecule has 10 rings (SSSR count). The summed E-state index contributed by atoms with van der Waals surface area (Å²) in [5, 5.41) is 0. The molecule has 21 heteroatoms. The smallest absolute Gasteiger partial charge is 0.0717 e. The molecule has 4 aromatic rings. The Labute approximate surface area is 524 Å². The Kier molecular flexibility index (Phi) is 24.0. The maximum absolute atomic E-state index is 2.40. The Balaban J connectivity index is 0.907. The minimum atomic E-state index is 1.19. The first kappa shape index (κ1) is 59.9. The molecule has 6 aliphatic rings. The van der Waals surface area contributed by atoms with E-state index >= 15 is 0 Å². The number of nitrogens with zero attached hydrogens (tertiary/aromatic N) is 3. The second kappa shape index (κ2) is 30.0. The van der Waals surface area contributed by atoms with E-state index in [1.54, 1.807) is 0 Å². The van der Waals surface area contributed by atoms with E-state index in [0.29, 0.717) is 0 Å². The zero-order valence-electron chi connectivity index (χ0n) is 43.1. The summed E-state index contributed by atoms with van der Waals surface area (Å²) in [4.78, 5) is 8.15. The second-order valence-electron chi connectivity index (χ2n) is 17.8. The number of aromatic nitrogens is 3. The van der Waals surface area contributed by atoms with E-state index in [4.69, 9.17) is 0 Å². The zero-order chi connectivity index (χ0) is 51.7. The second-order valence-corrected chi connectivity index (χ2v) is 39.9. The molecule has 9 heterocycles. The molecule has 75 heavy (non-hydrogen) atoms. The van der Waals surface area contributed by atoms with Gasteiger partial charge in [-0.1, -0.05) is 221 Å². The van der Waals surface area contributed by atoms with Crippen molar-refractivity contribution in [3.8, 4) is 17.1 Å². The molecule has 0 saturated heterocycles. The normalized spacial score (nSPS) is 17.5. The highest BCUT2D eigenvalue weighted by atomic mass is 32.3. The standard InChI is InChI=1S/C54H63N3S18/c1-7-13-19-58-43-44(59-20-14-8-2)71-52(70-43)49-64-37-28-55(29-38(37)65-49)34-25-35(56-30-39-40(31-56)67-50(66-39)53-72-45(60-21-15-9-3)46(73-53)61-22-16-10-4)27-36(26-34)57-32-41-42(33-57)69-51(68-41)54-74-47(62-23-17-11-5)48(75-54)63-24-18-12-6/h25-33H,7-24H2,1-6H3. The van der Waals surface area contributed by atoms with Crippen LogP contribution in [0.4, 0.5) is 0 Å². The van der Waals surface area contributed by atoms with Gasteiger partial charge in [-0.05, 0) is 91.2 Å². The van der Waals surface area contributed by atoms with Gasteiger partial charge in [0.25, 0.3) is 0 Å². The zero-order valence-corrected chi connectivity index (χ0v) is 57.8. The maximum atomic E-state index is 2.40. The van der Waals surface area contributed by atoms with Crippen LogP contribution in [0.25, 0.3) is 17.1 Å². The highest BCUT2D eigenvalue weighted by molar-refractivity contribution is 8.44. The van der Waals surface area contributed by atoms with E-state index in [1.165, 1.54) is 209 Å². The van der Waals surface area contributed by atoms with Gasteiger partial charge in [-0.25, -0.2) is 0 Å². The monoisotopic (exact) mass is 1330 g/mol. The Hall–Kier alpha value is 1.80. The van der Waals surface area contributed by atoms with Crippen LogP contribution in [0.15, 0.2) is 136 Å². The fraction of sp³-hybridized carbons (Fsp3) is 0.444. The van der Waals surface area contributed by atoms with E-state index < -0.39 is 0 Å². The van der Waals surface area contributed by atoms with Crippen molar-refractivity contribution in [3.05, 3.63) is 106 Å². The van der Waals surface area contributed by atoms with E-state index in [9.17, 15) is 0 Å². The van der Waals surface area contributed by atoms with Gasteiger partial charge in [0, 0.05) is 83.6 Å². The topological polar surface area (TPSA) is 14.8 Å². The van der Waals surface area contributed by atoms with Crippen LogP contribution < -0.4 is 0 Å². The predicted octanol–water partition coefficient (Wildman–Crippen LogP) is 25.1. The van der Waals surface area contributed by atoms with Crippen molar-refractivity contribution >= 4 is 212 Å². The van der Waals surface area contributed by atoms with E-state index in [0.717, 1.165) is 0 Å². The number of rotatable bonds is 27. The molecule has 6 aliphatic heterocycles. The lowest BCUT2D eigenvalue weighted by molar-refractivity contribution is 0.897. The first-order chi connectivity index (χ1) is 36.8. The number of hydrogen-bond donors (Lipinski definition) is 0. The first-order valence-corrected chi connectivity index (χ1v) is 41.7. The van der Waals surface area contributed by atoms with Crippen LogP contribution in [-0.2, 0) is 0 Å². The van der Waals surface area contributed by atoms with E-state index in [2.05, 4.69) is 181 Å². The molecule has 3 nitrogen and oxygen atoms in total. The maximum Gasteiger partial charge on any atom is 0.0717 e. The van der Waals surface area contributed by atoms with Gasteiger partial charge in [-0.2, -0.15) is 0 Å². The minimum Gasteiger partial charge on any atom is -0.321 e. The lowest BCUT2D eigenvalue weighted by atomic mass is 10.2. The van der Waals surface area contributed by atoms with E-state index in [-0.39, 0.29) is 0 Å². The van der Waals surface area contributed by atoms with Crippen LogP contribution in [0.2, 0.25) is 0 Å². The lowest BCUT2D eigenvalue weighted by Gasteiger charge is -2.14. The van der Waals surface area contributed by atoms with Crippen molar-refractivity contribution in [2.45, 2.75) is 148 Å². The van der Waals surface area contributed by atoms with Gasteiger partial charge in [-0.3, -0.25) is 0 Å². The average molecular weight is 1330 g/mol. The highest BCUT2D eigenvalue weighted by Gasteiger charge is 2.34. The lowest BCUT2D eigenvalue weighted by Crippen LogP contribution is -2.00. The van der Waals surface area contributed by atoms with Crippen LogP contribution in [0, 0.1) is 0 Å². The molecule has 0 unspecified atom stereocenters. The molecule has 0 N–H and O–H groups in total. The molecule has 402 valence electrons. The summed E-state index contributed by atoms with van der Waals surface area (Å²) in [5.41, 5.74) is 3.57. The van der Waals surface area contributed by atoms with Gasteiger partial charge in [0.2, 0.25) is 0 Å². The third-order valence-electron chi connectivity index (χ3n) is 11.8. The highest BCUT2D eigenvalue weighted by Crippen LogP contribution is 2.67. The summed E-state index contributed by atoms with van der Waals surface area (Å²) in [7, 11) is 0. The largest absolute Gasteiger partial charge is 0.321 e. The Bertz CT molecular complexity index is 2430. The molecule has 1 aromatic carbocycles. The summed E-state index contributed by atoms with van der Waals surface area (Å²) in [5.74, 6) is 7.25. The van der Waals surface area contributed by atoms with Gasteiger partial charge < -0.3 is 13.7 Å². The van der Waals surface area contributed by atoms with Crippen LogP contribution in [-0.4, -0.2) is 48.2 Å². The summed E-state index contributed by atoms with van der Waals surface area (Å²) in [6.07, 6.45) is 29.5. The SMILES string of the molecule is CCCCSC1=C(SCCCC)SC(=C2Sc3cn(-c4cc(-n5cc6c(c5)SC(=C5SC(SCCCC)=C(SCCCC)S5)S6)cc(-n5cc6c(c5)SC(=C5SC(SCCCC)=C(SCCCC)S5)S6)c4)cc3S2)S1. The molecule has 0 radical (unpaired) electrons. The van der Waals surface area contributed by atoms with Gasteiger partial charge >= 0.3 is 0 Å². The Morgan fingerprint density at radius 3 is 0.613 bits per heavy atom.